The summed E-state index contributed by atoms with van der Waals surface area (Å²) in [5.41, 5.74) is 0. The normalized spacial score (nSPS) is 23.7. The van der Waals surface area contributed by atoms with Crippen LogP contribution in [0.2, 0.25) is 0 Å². The molecule has 0 aliphatic carbocycles. The highest BCUT2D eigenvalue weighted by Crippen LogP contribution is 2.12. The van der Waals surface area contributed by atoms with Crippen LogP contribution in [0.3, 0.4) is 0 Å². The largest absolute Gasteiger partial charge is 0.326 e. The second-order valence-electron chi connectivity index (χ2n) is 3.25. The number of amides is 3. The molecular formula is C8H14N2O2. The van der Waals surface area contributed by atoms with Crippen LogP contribution in [-0.4, -0.2) is 29.4 Å². The van der Waals surface area contributed by atoms with Crippen molar-refractivity contribution in [2.45, 2.75) is 26.8 Å². The molecule has 1 atom stereocenters. The SMILES string of the molecule is CCN1C(=O)NC(C(C)C)C1=O. The van der Waals surface area contributed by atoms with Gasteiger partial charge in [0, 0.05) is 6.54 Å². The second-order valence-corrected chi connectivity index (χ2v) is 3.25. The predicted octanol–water partition coefficient (Wildman–Crippen LogP) is 0.583. The molecule has 0 radical (unpaired) electrons. The summed E-state index contributed by atoms with van der Waals surface area (Å²) in [6, 6.07) is -0.585. The molecule has 0 saturated carbocycles. The van der Waals surface area contributed by atoms with E-state index in [0.29, 0.717) is 6.54 Å². The molecular weight excluding hydrogens is 156 g/mol. The molecule has 0 spiro atoms. The lowest BCUT2D eigenvalue weighted by molar-refractivity contribution is -0.128. The molecule has 1 aliphatic rings. The first-order chi connectivity index (χ1) is 5.57. The van der Waals surface area contributed by atoms with Crippen LogP contribution >= 0.6 is 0 Å². The number of rotatable bonds is 2. The average Bonchev–Trinajstić information content (AvgIpc) is 2.27. The van der Waals surface area contributed by atoms with Gasteiger partial charge in [-0.05, 0) is 12.8 Å². The van der Waals surface area contributed by atoms with Crippen LogP contribution in [0, 0.1) is 5.92 Å². The molecule has 68 valence electrons. The second kappa shape index (κ2) is 3.13. The number of nitrogens with one attached hydrogen (secondary N) is 1. The quantitative estimate of drug-likeness (QED) is 0.616. The monoisotopic (exact) mass is 170 g/mol. The van der Waals surface area contributed by atoms with E-state index in [-0.39, 0.29) is 23.9 Å². The van der Waals surface area contributed by atoms with E-state index in [0.717, 1.165) is 0 Å². The van der Waals surface area contributed by atoms with Crippen LogP contribution in [0.25, 0.3) is 0 Å². The number of carbonyl (C=O) groups is 2. The van der Waals surface area contributed by atoms with Crippen molar-refractivity contribution < 1.29 is 9.59 Å². The highest BCUT2D eigenvalue weighted by molar-refractivity contribution is 6.04. The topological polar surface area (TPSA) is 49.4 Å². The molecule has 1 heterocycles. The number of nitrogens with zero attached hydrogens (tertiary/aromatic N) is 1. The summed E-state index contributed by atoms with van der Waals surface area (Å²) in [6.45, 7) is 6.08. The smallest absolute Gasteiger partial charge is 0.324 e. The van der Waals surface area contributed by atoms with Gasteiger partial charge < -0.3 is 5.32 Å². The van der Waals surface area contributed by atoms with Gasteiger partial charge in [-0.25, -0.2) is 4.79 Å². The first kappa shape index (κ1) is 9.03. The Labute approximate surface area is 71.9 Å². The lowest BCUT2D eigenvalue weighted by Gasteiger charge is -2.11. The molecule has 0 aromatic carbocycles. The molecule has 1 rings (SSSR count). The van der Waals surface area contributed by atoms with E-state index in [9.17, 15) is 9.59 Å². The standard InChI is InChI=1S/C8H14N2O2/c1-4-10-7(11)6(5(2)3)9-8(10)12/h5-6H,4H2,1-3H3,(H,9,12). The molecule has 1 saturated heterocycles. The molecule has 1 N–H and O–H groups in total. The van der Waals surface area contributed by atoms with Gasteiger partial charge in [0.25, 0.3) is 5.91 Å². The van der Waals surface area contributed by atoms with E-state index >= 15 is 0 Å². The van der Waals surface area contributed by atoms with Gasteiger partial charge in [-0.3, -0.25) is 9.69 Å². The first-order valence-corrected chi connectivity index (χ1v) is 4.19. The Bertz CT molecular complexity index is 213. The van der Waals surface area contributed by atoms with E-state index in [4.69, 9.17) is 0 Å². The zero-order chi connectivity index (χ0) is 9.30. The Balaban J connectivity index is 2.75. The maximum atomic E-state index is 11.4. The molecule has 12 heavy (non-hydrogen) atoms. The Morgan fingerprint density at radius 3 is 2.33 bits per heavy atom. The van der Waals surface area contributed by atoms with Gasteiger partial charge in [0.2, 0.25) is 0 Å². The molecule has 3 amide bonds. The van der Waals surface area contributed by atoms with Gasteiger partial charge in [-0.1, -0.05) is 13.8 Å². The van der Waals surface area contributed by atoms with Crippen LogP contribution in [0.4, 0.5) is 4.79 Å². The Hall–Kier alpha value is -1.06. The Kier molecular flexibility index (Phi) is 2.35. The highest BCUT2D eigenvalue weighted by Gasteiger charge is 2.38. The van der Waals surface area contributed by atoms with Crippen LogP contribution in [0.5, 0.6) is 0 Å². The molecule has 4 heteroatoms. The van der Waals surface area contributed by atoms with Crippen molar-refractivity contribution in [3.8, 4) is 0 Å². The number of carbonyl (C=O) groups excluding carboxylic acids is 2. The minimum atomic E-state index is -0.322. The van der Waals surface area contributed by atoms with E-state index in [1.54, 1.807) is 6.92 Å². The zero-order valence-corrected chi connectivity index (χ0v) is 7.63. The Morgan fingerprint density at radius 2 is 2.08 bits per heavy atom. The lowest BCUT2D eigenvalue weighted by Crippen LogP contribution is -2.34. The van der Waals surface area contributed by atoms with Crippen molar-refractivity contribution in [2.75, 3.05) is 6.54 Å². The van der Waals surface area contributed by atoms with E-state index in [2.05, 4.69) is 5.32 Å². The zero-order valence-electron chi connectivity index (χ0n) is 7.63. The van der Waals surface area contributed by atoms with Gasteiger partial charge in [-0.15, -0.1) is 0 Å². The predicted molar refractivity (Wildman–Crippen MR) is 44.5 cm³/mol. The maximum absolute atomic E-state index is 11.4. The fraction of sp³-hybridized carbons (Fsp3) is 0.750. The fourth-order valence-corrected chi connectivity index (χ4v) is 1.29. The van der Waals surface area contributed by atoms with Gasteiger partial charge in [0.15, 0.2) is 0 Å². The third-order valence-corrected chi connectivity index (χ3v) is 2.04. The summed E-state index contributed by atoms with van der Waals surface area (Å²) < 4.78 is 0. The van der Waals surface area contributed by atoms with Crippen molar-refractivity contribution in [2.24, 2.45) is 5.92 Å². The van der Waals surface area contributed by atoms with Crippen LogP contribution in [0.1, 0.15) is 20.8 Å². The molecule has 4 nitrogen and oxygen atoms in total. The van der Waals surface area contributed by atoms with Crippen molar-refractivity contribution in [1.82, 2.24) is 10.2 Å². The molecule has 1 aliphatic heterocycles. The average molecular weight is 170 g/mol. The minimum Gasteiger partial charge on any atom is -0.326 e. The summed E-state index contributed by atoms with van der Waals surface area (Å²) in [7, 11) is 0. The van der Waals surface area contributed by atoms with Crippen molar-refractivity contribution in [1.29, 1.82) is 0 Å². The van der Waals surface area contributed by atoms with E-state index in [1.807, 2.05) is 13.8 Å². The van der Waals surface area contributed by atoms with Crippen LogP contribution < -0.4 is 5.32 Å². The fourth-order valence-electron chi connectivity index (χ4n) is 1.29. The lowest BCUT2D eigenvalue weighted by atomic mass is 10.1. The van der Waals surface area contributed by atoms with E-state index < -0.39 is 0 Å². The Morgan fingerprint density at radius 1 is 1.50 bits per heavy atom. The number of likely N-dealkylation sites (N-methyl/N-ethyl adjacent to an activating group) is 1. The number of urea groups is 1. The van der Waals surface area contributed by atoms with Crippen molar-refractivity contribution >= 4 is 11.9 Å². The number of hydrogen-bond donors (Lipinski definition) is 1. The third-order valence-electron chi connectivity index (χ3n) is 2.04. The summed E-state index contributed by atoms with van der Waals surface area (Å²) in [6.07, 6.45) is 0. The summed E-state index contributed by atoms with van der Waals surface area (Å²) in [4.78, 5) is 23.8. The van der Waals surface area contributed by atoms with Crippen LogP contribution in [-0.2, 0) is 4.79 Å². The van der Waals surface area contributed by atoms with Gasteiger partial charge >= 0.3 is 6.03 Å². The number of imide groups is 1. The van der Waals surface area contributed by atoms with Crippen molar-refractivity contribution in [3.05, 3.63) is 0 Å². The van der Waals surface area contributed by atoms with Gasteiger partial charge in [0.05, 0.1) is 0 Å². The van der Waals surface area contributed by atoms with Crippen LogP contribution in [0.15, 0.2) is 0 Å². The summed E-state index contributed by atoms with van der Waals surface area (Å²) in [5.74, 6) is 0.0653. The molecule has 0 aromatic heterocycles. The summed E-state index contributed by atoms with van der Waals surface area (Å²) in [5, 5.41) is 2.64. The highest BCUT2D eigenvalue weighted by atomic mass is 16.2. The van der Waals surface area contributed by atoms with Gasteiger partial charge in [0.1, 0.15) is 6.04 Å². The maximum Gasteiger partial charge on any atom is 0.324 e. The third kappa shape index (κ3) is 1.29. The summed E-state index contributed by atoms with van der Waals surface area (Å²) >= 11 is 0. The van der Waals surface area contributed by atoms with Gasteiger partial charge in [-0.2, -0.15) is 0 Å². The molecule has 0 bridgehead atoms. The number of hydrogen-bond acceptors (Lipinski definition) is 2. The van der Waals surface area contributed by atoms with Crippen molar-refractivity contribution in [3.63, 3.8) is 0 Å². The molecule has 1 unspecified atom stereocenters. The van der Waals surface area contributed by atoms with E-state index in [1.165, 1.54) is 4.90 Å². The first-order valence-electron chi connectivity index (χ1n) is 4.19. The molecule has 1 fully saturated rings. The molecule has 0 aromatic rings. The minimum absolute atomic E-state index is 0.0995.